The zero-order valence-corrected chi connectivity index (χ0v) is 34.5. The van der Waals surface area contributed by atoms with Crippen molar-refractivity contribution in [3.63, 3.8) is 0 Å². The fourth-order valence-electron chi connectivity index (χ4n) is 8.74. The zero-order chi connectivity index (χ0) is 38.3. The molecule has 1 saturated heterocycles. The Morgan fingerprint density at radius 2 is 1.71 bits per heavy atom. The maximum Gasteiger partial charge on any atom is 0.238 e. The molecule has 1 aliphatic heterocycles. The van der Waals surface area contributed by atoms with Crippen molar-refractivity contribution >= 4 is 33.2 Å². The third kappa shape index (κ3) is 9.25. The number of benzene rings is 2. The van der Waals surface area contributed by atoms with E-state index in [1.807, 2.05) is 45.2 Å². The van der Waals surface area contributed by atoms with Crippen LogP contribution in [0.3, 0.4) is 0 Å². The number of halogens is 2. The molecule has 2 aromatic carbocycles. The summed E-state index contributed by atoms with van der Waals surface area (Å²) in [5.41, 5.74) is 3.36. The van der Waals surface area contributed by atoms with Crippen LogP contribution in [0.25, 0.3) is 0 Å². The normalized spacial score (nSPS) is 24.5. The highest BCUT2D eigenvalue weighted by Crippen LogP contribution is 2.59. The van der Waals surface area contributed by atoms with Gasteiger partial charge in [-0.2, -0.15) is 4.31 Å². The number of hydrogen-bond donors (Lipinski definition) is 1. The van der Waals surface area contributed by atoms with Crippen LogP contribution >= 0.6 is 11.6 Å². The molecule has 5 atom stereocenters. The van der Waals surface area contributed by atoms with E-state index in [-0.39, 0.29) is 54.4 Å². The number of likely N-dealkylation sites (N-methyl/N-ethyl adjacent to an activating group) is 1. The maximum absolute atomic E-state index is 15.8. The van der Waals surface area contributed by atoms with Crippen LogP contribution < -0.4 is 15.0 Å². The Morgan fingerprint density at radius 1 is 1.06 bits per heavy atom. The first-order valence-corrected chi connectivity index (χ1v) is 20.7. The number of fused-ring (bicyclic) bond motifs is 2. The molecule has 52 heavy (non-hydrogen) atoms. The van der Waals surface area contributed by atoms with E-state index in [1.54, 1.807) is 12.1 Å². The van der Waals surface area contributed by atoms with Crippen LogP contribution in [0.5, 0.6) is 5.75 Å². The average molecular weight is 762 g/mol. The summed E-state index contributed by atoms with van der Waals surface area (Å²) in [5, 5.41) is 3.59. The van der Waals surface area contributed by atoms with Crippen molar-refractivity contribution in [3.8, 4) is 5.75 Å². The van der Waals surface area contributed by atoms with E-state index in [2.05, 4.69) is 55.8 Å². The lowest BCUT2D eigenvalue weighted by molar-refractivity contribution is -0.129. The number of rotatable bonds is 14. The van der Waals surface area contributed by atoms with Gasteiger partial charge in [0.1, 0.15) is 6.04 Å². The Hall–Kier alpha value is -2.44. The number of hydrogen-bond acceptors (Lipinski definition) is 7. The Balaban J connectivity index is 1.45. The SMILES string of the molecule is COc1ccc(Cl)c(CN(Cc2cc(CN3C(C(=O)NC4C[C@@H]5C[C@H](C4)C5(C)C)CCS3(=O)=O)cc(N(C)C)c2)[C@H](CN(C)C)CC(C)(C)C)c1F. The van der Waals surface area contributed by atoms with E-state index in [0.29, 0.717) is 34.4 Å². The van der Waals surface area contributed by atoms with Crippen molar-refractivity contribution in [2.75, 3.05) is 52.5 Å². The van der Waals surface area contributed by atoms with E-state index in [9.17, 15) is 13.2 Å². The standard InChI is InChI=1S/C40H61ClFN5O4S/c1-39(2,3)21-32(24-44(6)7)46(25-33-34(41)11-12-36(51-10)37(33)42)22-26-15-27(17-31(16-26)45(8)9)23-47-35(13-14-52(47,49)50)38(48)43-30-19-28-18-29(20-30)40(28,4)5/h11-12,15-17,28-30,32,35H,13-14,18-25H2,1-10H3,(H,43,48)/t28-,29+,30?,32-,35?/m0/s1. The monoisotopic (exact) mass is 761 g/mol. The quantitative estimate of drug-likeness (QED) is 0.228. The highest BCUT2D eigenvalue weighted by atomic mass is 35.5. The molecule has 1 amide bonds. The molecule has 0 aromatic heterocycles. The van der Waals surface area contributed by atoms with Gasteiger partial charge in [-0.25, -0.2) is 12.8 Å². The van der Waals surface area contributed by atoms with Gasteiger partial charge in [0.05, 0.1) is 12.9 Å². The number of methoxy groups -OCH3 is 1. The second kappa shape index (κ2) is 15.7. The minimum absolute atomic E-state index is 0.0136. The average Bonchev–Trinajstić information content (AvgIpc) is 3.34. The fraction of sp³-hybridized carbons (Fsp3) is 0.675. The Morgan fingerprint density at radius 3 is 2.29 bits per heavy atom. The lowest BCUT2D eigenvalue weighted by Gasteiger charge is -2.59. The van der Waals surface area contributed by atoms with Crippen LogP contribution in [0.15, 0.2) is 30.3 Å². The van der Waals surface area contributed by atoms with Crippen molar-refractivity contribution in [1.82, 2.24) is 19.4 Å². The molecule has 1 heterocycles. The van der Waals surface area contributed by atoms with Gasteiger partial charge in [0.25, 0.3) is 0 Å². The maximum atomic E-state index is 15.8. The van der Waals surface area contributed by atoms with Crippen LogP contribution in [0.4, 0.5) is 10.1 Å². The molecule has 12 heteroatoms. The molecule has 4 aliphatic rings. The summed E-state index contributed by atoms with van der Waals surface area (Å²) in [4.78, 5) is 20.2. The van der Waals surface area contributed by atoms with Gasteiger partial charge in [0.2, 0.25) is 15.9 Å². The first kappa shape index (κ1) is 40.7. The number of carbonyl (C=O) groups is 1. The van der Waals surface area contributed by atoms with Gasteiger partial charge in [-0.1, -0.05) is 52.3 Å². The van der Waals surface area contributed by atoms with Gasteiger partial charge in [-0.3, -0.25) is 9.69 Å². The highest BCUT2D eigenvalue weighted by molar-refractivity contribution is 7.89. The number of anilines is 1. The van der Waals surface area contributed by atoms with E-state index >= 15 is 4.39 Å². The molecule has 290 valence electrons. The Bertz CT molecular complexity index is 1700. The summed E-state index contributed by atoms with van der Waals surface area (Å²) < 4.78 is 49.5. The number of nitrogens with zero attached hydrogens (tertiary/aromatic N) is 4. The Kier molecular flexibility index (Phi) is 12.3. The van der Waals surface area contributed by atoms with E-state index in [0.717, 1.165) is 42.6 Å². The third-order valence-corrected chi connectivity index (χ3v) is 14.0. The van der Waals surface area contributed by atoms with Crippen LogP contribution in [0.1, 0.15) is 83.4 Å². The van der Waals surface area contributed by atoms with Crippen LogP contribution in [-0.4, -0.2) is 94.2 Å². The van der Waals surface area contributed by atoms with E-state index in [4.69, 9.17) is 16.3 Å². The van der Waals surface area contributed by atoms with Gasteiger partial charge in [0, 0.05) is 68.6 Å². The van der Waals surface area contributed by atoms with Crippen molar-refractivity contribution in [2.24, 2.45) is 22.7 Å². The lowest BCUT2D eigenvalue weighted by Crippen LogP contribution is -2.57. The van der Waals surface area contributed by atoms with Gasteiger partial charge in [0.15, 0.2) is 11.6 Å². The first-order chi connectivity index (χ1) is 24.2. The first-order valence-electron chi connectivity index (χ1n) is 18.7. The van der Waals surface area contributed by atoms with Crippen molar-refractivity contribution < 1.29 is 22.3 Å². The summed E-state index contributed by atoms with van der Waals surface area (Å²) in [6, 6.07) is 8.74. The number of amides is 1. The zero-order valence-electron chi connectivity index (χ0n) is 32.9. The van der Waals surface area contributed by atoms with Gasteiger partial charge >= 0.3 is 0 Å². The van der Waals surface area contributed by atoms with Crippen molar-refractivity contribution in [1.29, 1.82) is 0 Å². The largest absolute Gasteiger partial charge is 0.494 e. The number of ether oxygens (including phenoxy) is 1. The van der Waals surface area contributed by atoms with Crippen molar-refractivity contribution in [3.05, 3.63) is 57.9 Å². The molecule has 4 fully saturated rings. The minimum Gasteiger partial charge on any atom is -0.494 e. The molecule has 3 saturated carbocycles. The number of carbonyl (C=O) groups excluding carboxylic acids is 1. The molecular weight excluding hydrogens is 701 g/mol. The molecule has 2 aromatic rings. The highest BCUT2D eigenvalue weighted by Gasteiger charge is 2.53. The summed E-state index contributed by atoms with van der Waals surface area (Å²) in [6.45, 7) is 12.8. The topological polar surface area (TPSA) is 85.4 Å². The van der Waals surface area contributed by atoms with Gasteiger partial charge < -0.3 is 19.9 Å². The minimum atomic E-state index is -3.64. The molecule has 3 aliphatic carbocycles. The molecule has 1 N–H and O–H groups in total. The second-order valence-corrected chi connectivity index (χ2v) is 20.3. The number of nitrogens with one attached hydrogen (secondary N) is 1. The smallest absolute Gasteiger partial charge is 0.238 e. The van der Waals surface area contributed by atoms with Gasteiger partial charge in [-0.05, 0) is 104 Å². The molecule has 9 nitrogen and oxygen atoms in total. The summed E-state index contributed by atoms with van der Waals surface area (Å²) in [7, 11) is 5.81. The van der Waals surface area contributed by atoms with Crippen molar-refractivity contribution in [2.45, 2.75) is 104 Å². The molecule has 0 radical (unpaired) electrons. The third-order valence-electron chi connectivity index (χ3n) is 11.8. The predicted octanol–water partition coefficient (Wildman–Crippen LogP) is 6.77. The van der Waals surface area contributed by atoms with Gasteiger partial charge in [-0.15, -0.1) is 0 Å². The molecule has 6 rings (SSSR count). The fourth-order valence-corrected chi connectivity index (χ4v) is 10.6. The second-order valence-electron chi connectivity index (χ2n) is 17.8. The molecule has 2 bridgehead atoms. The molecule has 2 unspecified atom stereocenters. The lowest BCUT2D eigenvalue weighted by atomic mass is 9.48. The molecular formula is C40H61ClFN5O4S. The van der Waals surface area contributed by atoms with E-state index in [1.165, 1.54) is 17.8 Å². The van der Waals surface area contributed by atoms with E-state index < -0.39 is 21.9 Å². The summed E-state index contributed by atoms with van der Waals surface area (Å²) in [6.07, 6.45) is 4.25. The summed E-state index contributed by atoms with van der Waals surface area (Å²) >= 11 is 6.65. The Labute approximate surface area is 317 Å². The number of sulfonamides is 1. The summed E-state index contributed by atoms with van der Waals surface area (Å²) in [5.74, 6) is 0.637. The van der Waals surface area contributed by atoms with Crippen LogP contribution in [0, 0.1) is 28.5 Å². The van der Waals surface area contributed by atoms with Crippen LogP contribution in [-0.2, 0) is 34.5 Å². The predicted molar refractivity (Wildman–Crippen MR) is 209 cm³/mol. The van der Waals surface area contributed by atoms with Crippen LogP contribution in [0.2, 0.25) is 5.02 Å². The molecule has 0 spiro atoms.